The second-order valence-corrected chi connectivity index (χ2v) is 10.6. The Labute approximate surface area is 227 Å². The molecule has 0 aliphatic carbocycles. The highest BCUT2D eigenvalue weighted by Crippen LogP contribution is 2.38. The summed E-state index contributed by atoms with van der Waals surface area (Å²) < 4.78 is 22.5. The minimum absolute atomic E-state index is 0.0632. The van der Waals surface area contributed by atoms with Gasteiger partial charge in [-0.1, -0.05) is 25.1 Å². The molecule has 0 radical (unpaired) electrons. The van der Waals surface area contributed by atoms with Crippen LogP contribution in [0.4, 0.5) is 10.2 Å². The van der Waals surface area contributed by atoms with Crippen LogP contribution in [-0.2, 0) is 6.42 Å². The van der Waals surface area contributed by atoms with Gasteiger partial charge < -0.3 is 25.8 Å². The normalized spacial score (nSPS) is 18.8. The molecule has 2 atom stereocenters. The number of aromatic nitrogens is 3. The lowest BCUT2D eigenvalue weighted by Gasteiger charge is -2.34. The van der Waals surface area contributed by atoms with E-state index >= 15 is 4.39 Å². The van der Waals surface area contributed by atoms with E-state index in [1.165, 1.54) is 0 Å². The second-order valence-electron chi connectivity index (χ2n) is 10.6. The van der Waals surface area contributed by atoms with Crippen molar-refractivity contribution >= 4 is 27.5 Å². The summed E-state index contributed by atoms with van der Waals surface area (Å²) >= 11 is 0. The third-order valence-electron chi connectivity index (χ3n) is 7.92. The summed E-state index contributed by atoms with van der Waals surface area (Å²) in [5, 5.41) is 16.4. The zero-order valence-electron chi connectivity index (χ0n) is 22.3. The first-order valence-corrected chi connectivity index (χ1v) is 14.0. The van der Waals surface area contributed by atoms with E-state index in [0.29, 0.717) is 42.0 Å². The number of aryl methyl sites for hydroxylation is 1. The number of nitrogens with one attached hydrogen (secondary N) is 1. The van der Waals surface area contributed by atoms with Crippen LogP contribution in [0.3, 0.4) is 0 Å². The molecule has 2 aliphatic rings. The van der Waals surface area contributed by atoms with Crippen LogP contribution in [0.25, 0.3) is 32.9 Å². The van der Waals surface area contributed by atoms with Gasteiger partial charge in [0, 0.05) is 36.9 Å². The summed E-state index contributed by atoms with van der Waals surface area (Å²) in [7, 11) is 0. The molecule has 0 spiro atoms. The molecule has 39 heavy (non-hydrogen) atoms. The van der Waals surface area contributed by atoms with Crippen molar-refractivity contribution in [3.63, 3.8) is 0 Å². The van der Waals surface area contributed by atoms with Crippen molar-refractivity contribution in [3.8, 4) is 23.0 Å². The predicted molar refractivity (Wildman–Crippen MR) is 152 cm³/mol. The minimum atomic E-state index is -0.542. The summed E-state index contributed by atoms with van der Waals surface area (Å²) in [6, 6.07) is 10.1. The Balaban J connectivity index is 1.48. The van der Waals surface area contributed by atoms with Gasteiger partial charge in [0.2, 0.25) is 0 Å². The predicted octanol–water partition coefficient (Wildman–Crippen LogP) is 4.70. The van der Waals surface area contributed by atoms with E-state index in [1.807, 2.05) is 18.2 Å². The molecule has 0 amide bonds. The van der Waals surface area contributed by atoms with Crippen molar-refractivity contribution in [2.24, 2.45) is 5.73 Å². The molecule has 4 heterocycles. The number of nitrogens with zero attached hydrogens (tertiary/aromatic N) is 4. The van der Waals surface area contributed by atoms with Crippen LogP contribution >= 0.6 is 0 Å². The monoisotopic (exact) mass is 530 g/mol. The number of halogens is 1. The number of hydrogen-bond acceptors (Lipinski definition) is 8. The zero-order chi connectivity index (χ0) is 26.9. The maximum absolute atomic E-state index is 16.5. The van der Waals surface area contributed by atoms with E-state index in [0.717, 1.165) is 68.0 Å². The summed E-state index contributed by atoms with van der Waals surface area (Å²) in [6.07, 6.45) is 7.38. The van der Waals surface area contributed by atoms with Crippen LogP contribution in [0.5, 0.6) is 11.8 Å². The van der Waals surface area contributed by atoms with Gasteiger partial charge in [0.1, 0.15) is 22.8 Å². The lowest BCUT2D eigenvalue weighted by Crippen LogP contribution is -2.51. The highest BCUT2D eigenvalue weighted by Gasteiger charge is 2.34. The Kier molecular flexibility index (Phi) is 7.18. The van der Waals surface area contributed by atoms with E-state index in [-0.39, 0.29) is 23.0 Å². The van der Waals surface area contributed by atoms with Gasteiger partial charge in [0.15, 0.2) is 5.82 Å². The topological polar surface area (TPSA) is 109 Å². The number of fused-ring (bicyclic) bond motifs is 4. The highest BCUT2D eigenvalue weighted by atomic mass is 19.1. The number of phenolic OH excluding ortho intramolecular Hbond substituents is 1. The maximum Gasteiger partial charge on any atom is 0.319 e. The van der Waals surface area contributed by atoms with Crippen molar-refractivity contribution in [1.29, 1.82) is 0 Å². The van der Waals surface area contributed by atoms with Gasteiger partial charge in [0.05, 0.1) is 12.0 Å². The van der Waals surface area contributed by atoms with Crippen LogP contribution in [0, 0.1) is 5.82 Å². The van der Waals surface area contributed by atoms with E-state index in [2.05, 4.69) is 27.1 Å². The van der Waals surface area contributed by atoms with Gasteiger partial charge in [-0.2, -0.15) is 9.97 Å². The SMILES string of the molecule is CCc1cccc2cc(O)cc(-c3ncc4c(N5CC6CCC(C5)N6)nc(OCCCCCN)nc4c3F)c12. The average Bonchev–Trinajstić information content (AvgIpc) is 3.29. The molecule has 2 aliphatic heterocycles. The molecule has 2 unspecified atom stereocenters. The molecule has 8 nitrogen and oxygen atoms in total. The Hall–Kier alpha value is -3.56. The number of aromatic hydroxyl groups is 1. The van der Waals surface area contributed by atoms with Crippen LogP contribution in [0.2, 0.25) is 0 Å². The lowest BCUT2D eigenvalue weighted by molar-refractivity contribution is 0.283. The molecule has 4 N–H and O–H groups in total. The summed E-state index contributed by atoms with van der Waals surface area (Å²) in [4.78, 5) is 16.2. The standard InChI is InChI=1S/C30H35FN6O2/c1-2-18-7-6-8-19-13-22(38)14-23(25(18)19)27-26(31)28-24(15-33-27)29(37-16-20-9-10-21(17-37)34-20)36-30(35-28)39-12-5-3-4-11-32/h6-8,13-15,20-21,34,38H,2-5,9-12,16-17,32H2,1H3. The zero-order valence-corrected chi connectivity index (χ0v) is 22.3. The Morgan fingerprint density at radius 2 is 1.95 bits per heavy atom. The first kappa shape index (κ1) is 25.7. The fourth-order valence-corrected chi connectivity index (χ4v) is 6.04. The van der Waals surface area contributed by atoms with E-state index < -0.39 is 5.82 Å². The number of ether oxygens (including phenoxy) is 1. The smallest absolute Gasteiger partial charge is 0.319 e. The summed E-state index contributed by atoms with van der Waals surface area (Å²) in [6.45, 7) is 4.73. The number of rotatable bonds is 9. The molecule has 6 rings (SSSR count). The third-order valence-corrected chi connectivity index (χ3v) is 7.92. The van der Waals surface area contributed by atoms with Crippen LogP contribution in [0.15, 0.2) is 36.5 Å². The molecule has 2 bridgehead atoms. The van der Waals surface area contributed by atoms with Gasteiger partial charge in [0.25, 0.3) is 0 Å². The number of nitrogens with two attached hydrogens (primary N) is 1. The van der Waals surface area contributed by atoms with Crippen molar-refractivity contribution < 1.29 is 14.2 Å². The van der Waals surface area contributed by atoms with Gasteiger partial charge >= 0.3 is 6.01 Å². The lowest BCUT2D eigenvalue weighted by atomic mass is 9.95. The molecule has 9 heteroatoms. The Morgan fingerprint density at radius 1 is 1.13 bits per heavy atom. The summed E-state index contributed by atoms with van der Waals surface area (Å²) in [5.74, 6) is 0.177. The number of pyridine rings is 1. The average molecular weight is 531 g/mol. The number of phenols is 1. The first-order valence-electron chi connectivity index (χ1n) is 14.0. The first-order chi connectivity index (χ1) is 19.1. The number of unbranched alkanes of at least 4 members (excludes halogenated alkanes) is 2. The van der Waals surface area contributed by atoms with Crippen molar-refractivity contribution in [3.05, 3.63) is 47.9 Å². The molecule has 2 fully saturated rings. The van der Waals surface area contributed by atoms with Crippen LogP contribution in [0.1, 0.15) is 44.6 Å². The van der Waals surface area contributed by atoms with Gasteiger partial charge in [-0.3, -0.25) is 4.98 Å². The van der Waals surface area contributed by atoms with Crippen molar-refractivity contribution in [2.75, 3.05) is 31.1 Å². The quantitative estimate of drug-likeness (QED) is 0.267. The van der Waals surface area contributed by atoms with Gasteiger partial charge in [-0.15, -0.1) is 0 Å². The number of piperazine rings is 1. The van der Waals surface area contributed by atoms with Crippen molar-refractivity contribution in [1.82, 2.24) is 20.3 Å². The largest absolute Gasteiger partial charge is 0.508 e. The van der Waals surface area contributed by atoms with Gasteiger partial charge in [-0.25, -0.2) is 4.39 Å². The Morgan fingerprint density at radius 3 is 2.72 bits per heavy atom. The number of benzene rings is 2. The summed E-state index contributed by atoms with van der Waals surface area (Å²) in [5.41, 5.74) is 7.56. The number of hydrogen-bond donors (Lipinski definition) is 3. The molecule has 2 aromatic heterocycles. The molecule has 2 aromatic carbocycles. The van der Waals surface area contributed by atoms with E-state index in [9.17, 15) is 5.11 Å². The van der Waals surface area contributed by atoms with Gasteiger partial charge in [-0.05, 0) is 73.5 Å². The molecule has 2 saturated heterocycles. The van der Waals surface area contributed by atoms with Crippen LogP contribution in [-0.4, -0.2) is 58.4 Å². The highest BCUT2D eigenvalue weighted by molar-refractivity contribution is 6.01. The third kappa shape index (κ3) is 4.96. The van der Waals surface area contributed by atoms with Crippen molar-refractivity contribution in [2.45, 2.75) is 57.5 Å². The van der Waals surface area contributed by atoms with E-state index in [1.54, 1.807) is 18.3 Å². The molecule has 0 saturated carbocycles. The van der Waals surface area contributed by atoms with E-state index in [4.69, 9.17) is 15.5 Å². The minimum Gasteiger partial charge on any atom is -0.508 e. The molecular formula is C30H35FN6O2. The second kappa shape index (κ2) is 10.9. The fourth-order valence-electron chi connectivity index (χ4n) is 6.04. The molecule has 4 aromatic rings. The maximum atomic E-state index is 16.5. The molecule has 204 valence electrons. The number of anilines is 1. The molecular weight excluding hydrogens is 495 g/mol. The van der Waals surface area contributed by atoms with Crippen LogP contribution < -0.4 is 20.7 Å². The fraction of sp³-hybridized carbons (Fsp3) is 0.433. The Bertz CT molecular complexity index is 1500.